The molecule has 3 rings (SSSR count). The maximum absolute atomic E-state index is 13.5. The number of anilines is 1. The van der Waals surface area contributed by atoms with E-state index in [1.54, 1.807) is 0 Å². The molecule has 0 radical (unpaired) electrons. The summed E-state index contributed by atoms with van der Waals surface area (Å²) < 4.78 is 92.2. The third-order valence-electron chi connectivity index (χ3n) is 4.37. The number of hydrogen-bond acceptors (Lipinski definition) is 2. The molecule has 0 aliphatic carbocycles. The highest BCUT2D eigenvalue weighted by atomic mass is 19.4. The molecule has 0 bridgehead atoms. The second kappa shape index (κ2) is 8.85. The standard InChI is InChI=1S/C21H14F7N3O/c22-14-7-9-15(10-8-14)30-19(32)31-17(12-3-5-13(6-4-12)20(23,24)25)18-16(21(26,27)28)2-1-11-29-18/h1-11,17H,(H2,30,31,32). The molecule has 11 heteroatoms. The Bertz CT molecular complexity index is 1080. The van der Waals surface area contributed by atoms with Gasteiger partial charge in [0.25, 0.3) is 0 Å². The van der Waals surface area contributed by atoms with Crippen LogP contribution in [0.25, 0.3) is 0 Å². The lowest BCUT2D eigenvalue weighted by Crippen LogP contribution is -2.35. The van der Waals surface area contributed by atoms with Crippen molar-refractivity contribution in [1.29, 1.82) is 0 Å². The van der Waals surface area contributed by atoms with Crippen molar-refractivity contribution in [2.45, 2.75) is 18.4 Å². The molecule has 0 fully saturated rings. The van der Waals surface area contributed by atoms with Crippen LogP contribution in [0.15, 0.2) is 66.9 Å². The van der Waals surface area contributed by atoms with Gasteiger partial charge in [-0.3, -0.25) is 4.98 Å². The molecular formula is C21H14F7N3O. The number of nitrogens with zero attached hydrogens (tertiary/aromatic N) is 1. The number of amides is 2. The summed E-state index contributed by atoms with van der Waals surface area (Å²) in [5.41, 5.74) is -2.68. The van der Waals surface area contributed by atoms with Gasteiger partial charge in [-0.25, -0.2) is 9.18 Å². The van der Waals surface area contributed by atoms with Crippen molar-refractivity contribution in [1.82, 2.24) is 10.3 Å². The molecule has 0 aliphatic heterocycles. The van der Waals surface area contributed by atoms with Crippen molar-refractivity contribution in [3.8, 4) is 0 Å². The Morgan fingerprint density at radius 1 is 0.844 bits per heavy atom. The van der Waals surface area contributed by atoms with Gasteiger partial charge in [-0.05, 0) is 54.1 Å². The number of benzene rings is 2. The molecule has 2 amide bonds. The summed E-state index contributed by atoms with van der Waals surface area (Å²) in [6.07, 6.45) is -8.41. The molecule has 0 saturated carbocycles. The lowest BCUT2D eigenvalue weighted by atomic mass is 9.98. The van der Waals surface area contributed by atoms with E-state index in [9.17, 15) is 35.5 Å². The van der Waals surface area contributed by atoms with Crippen molar-refractivity contribution in [2.75, 3.05) is 5.32 Å². The highest BCUT2D eigenvalue weighted by Crippen LogP contribution is 2.36. The number of carbonyl (C=O) groups is 1. The summed E-state index contributed by atoms with van der Waals surface area (Å²) in [6, 6.07) is 7.17. The zero-order valence-electron chi connectivity index (χ0n) is 15.9. The number of aromatic nitrogens is 1. The number of alkyl halides is 6. The summed E-state index contributed by atoms with van der Waals surface area (Å²) in [7, 11) is 0. The number of pyridine rings is 1. The second-order valence-electron chi connectivity index (χ2n) is 6.59. The normalized spacial score (nSPS) is 12.8. The summed E-state index contributed by atoms with van der Waals surface area (Å²) >= 11 is 0. The van der Waals surface area contributed by atoms with Crippen LogP contribution < -0.4 is 10.6 Å². The van der Waals surface area contributed by atoms with Gasteiger partial charge < -0.3 is 10.6 Å². The average Bonchev–Trinajstić information content (AvgIpc) is 2.72. The average molecular weight is 457 g/mol. The Kier molecular flexibility index (Phi) is 6.37. The van der Waals surface area contributed by atoms with Gasteiger partial charge in [0, 0.05) is 11.9 Å². The van der Waals surface area contributed by atoms with Crippen LogP contribution in [0.1, 0.15) is 28.4 Å². The Morgan fingerprint density at radius 3 is 2.03 bits per heavy atom. The minimum absolute atomic E-state index is 0.0588. The predicted octanol–water partition coefficient (Wildman–Crippen LogP) is 6.17. The van der Waals surface area contributed by atoms with Crippen LogP contribution in [0.2, 0.25) is 0 Å². The first-order chi connectivity index (χ1) is 14.9. The molecule has 168 valence electrons. The summed E-state index contributed by atoms with van der Waals surface area (Å²) in [5.74, 6) is -0.568. The molecule has 1 aromatic heterocycles. The molecule has 4 nitrogen and oxygen atoms in total. The summed E-state index contributed by atoms with van der Waals surface area (Å²) in [4.78, 5) is 16.2. The lowest BCUT2D eigenvalue weighted by molar-refractivity contribution is -0.139. The third-order valence-corrected chi connectivity index (χ3v) is 4.37. The molecule has 2 N–H and O–H groups in total. The highest BCUT2D eigenvalue weighted by Gasteiger charge is 2.37. The topological polar surface area (TPSA) is 54.0 Å². The zero-order valence-corrected chi connectivity index (χ0v) is 15.9. The van der Waals surface area contributed by atoms with Crippen LogP contribution in [-0.4, -0.2) is 11.0 Å². The Hall–Kier alpha value is -3.63. The van der Waals surface area contributed by atoms with E-state index in [1.165, 1.54) is 12.1 Å². The lowest BCUT2D eigenvalue weighted by Gasteiger charge is -2.23. The molecule has 2 aromatic carbocycles. The fraction of sp³-hybridized carbons (Fsp3) is 0.143. The maximum Gasteiger partial charge on any atom is 0.418 e. The van der Waals surface area contributed by atoms with Gasteiger partial charge in [-0.1, -0.05) is 12.1 Å². The largest absolute Gasteiger partial charge is 0.418 e. The van der Waals surface area contributed by atoms with Crippen LogP contribution in [0.4, 0.5) is 41.2 Å². The number of halogens is 7. The van der Waals surface area contributed by atoms with Crippen LogP contribution in [0, 0.1) is 5.82 Å². The molecule has 1 unspecified atom stereocenters. The fourth-order valence-corrected chi connectivity index (χ4v) is 2.89. The van der Waals surface area contributed by atoms with E-state index in [2.05, 4.69) is 15.6 Å². The van der Waals surface area contributed by atoms with Crippen LogP contribution >= 0.6 is 0 Å². The highest BCUT2D eigenvalue weighted by molar-refractivity contribution is 5.89. The van der Waals surface area contributed by atoms with E-state index in [0.717, 1.165) is 42.6 Å². The van der Waals surface area contributed by atoms with Crippen molar-refractivity contribution in [3.63, 3.8) is 0 Å². The predicted molar refractivity (Wildman–Crippen MR) is 101 cm³/mol. The summed E-state index contributed by atoms with van der Waals surface area (Å²) in [6.45, 7) is 0. The molecule has 0 spiro atoms. The van der Waals surface area contributed by atoms with E-state index in [4.69, 9.17) is 0 Å². The van der Waals surface area contributed by atoms with Crippen molar-refractivity contribution < 1.29 is 35.5 Å². The zero-order chi connectivity index (χ0) is 23.5. The molecule has 0 aliphatic rings. The SMILES string of the molecule is O=C(Nc1ccc(F)cc1)NC(c1ccc(C(F)(F)F)cc1)c1ncccc1C(F)(F)F. The molecule has 1 heterocycles. The van der Waals surface area contributed by atoms with Crippen molar-refractivity contribution >= 4 is 11.7 Å². The molecular weight excluding hydrogens is 443 g/mol. The number of carbonyl (C=O) groups excluding carboxylic acids is 1. The van der Waals surface area contributed by atoms with E-state index in [1.807, 2.05) is 0 Å². The van der Waals surface area contributed by atoms with Crippen LogP contribution in [0.3, 0.4) is 0 Å². The van der Waals surface area contributed by atoms with E-state index in [-0.39, 0.29) is 11.3 Å². The Balaban J connectivity index is 1.98. The third kappa shape index (κ3) is 5.54. The minimum atomic E-state index is -4.83. The molecule has 32 heavy (non-hydrogen) atoms. The van der Waals surface area contributed by atoms with Gasteiger partial charge in [-0.2, -0.15) is 26.3 Å². The molecule has 0 saturated heterocycles. The van der Waals surface area contributed by atoms with Gasteiger partial charge in [-0.15, -0.1) is 0 Å². The van der Waals surface area contributed by atoms with Gasteiger partial charge in [0.2, 0.25) is 0 Å². The first kappa shape index (κ1) is 23.0. The first-order valence-corrected chi connectivity index (χ1v) is 8.97. The first-order valence-electron chi connectivity index (χ1n) is 8.97. The minimum Gasteiger partial charge on any atom is -0.325 e. The smallest absolute Gasteiger partial charge is 0.325 e. The van der Waals surface area contributed by atoms with Crippen LogP contribution in [-0.2, 0) is 12.4 Å². The van der Waals surface area contributed by atoms with Gasteiger partial charge in [0.1, 0.15) is 5.82 Å². The van der Waals surface area contributed by atoms with Gasteiger partial charge in [0.05, 0.1) is 22.9 Å². The van der Waals surface area contributed by atoms with Crippen molar-refractivity contribution in [2.24, 2.45) is 0 Å². The Morgan fingerprint density at radius 2 is 1.47 bits per heavy atom. The monoisotopic (exact) mass is 457 g/mol. The second-order valence-corrected chi connectivity index (χ2v) is 6.59. The van der Waals surface area contributed by atoms with Gasteiger partial charge in [0.15, 0.2) is 0 Å². The summed E-state index contributed by atoms with van der Waals surface area (Å²) in [5, 5.41) is 4.62. The van der Waals surface area contributed by atoms with E-state index < -0.39 is 47.1 Å². The number of hydrogen-bond donors (Lipinski definition) is 2. The number of rotatable bonds is 4. The molecule has 3 aromatic rings. The van der Waals surface area contributed by atoms with E-state index in [0.29, 0.717) is 12.1 Å². The number of nitrogens with one attached hydrogen (secondary N) is 2. The van der Waals surface area contributed by atoms with Crippen molar-refractivity contribution in [3.05, 3.63) is 95.1 Å². The molecule has 1 atom stereocenters. The number of urea groups is 1. The van der Waals surface area contributed by atoms with E-state index >= 15 is 0 Å². The maximum atomic E-state index is 13.5. The van der Waals surface area contributed by atoms with Gasteiger partial charge >= 0.3 is 18.4 Å². The fourth-order valence-electron chi connectivity index (χ4n) is 2.89. The Labute approximate surface area is 177 Å². The quantitative estimate of drug-likeness (QED) is 0.461. The van der Waals surface area contributed by atoms with Crippen LogP contribution in [0.5, 0.6) is 0 Å².